The third kappa shape index (κ3) is 4.02. The molecule has 0 saturated heterocycles. The van der Waals surface area contributed by atoms with E-state index in [1.54, 1.807) is 6.92 Å². The van der Waals surface area contributed by atoms with Crippen LogP contribution >= 0.6 is 0 Å². The molecule has 22 heavy (non-hydrogen) atoms. The molecule has 0 bridgehead atoms. The molecule has 1 unspecified atom stereocenters. The molecule has 2 N–H and O–H groups in total. The minimum absolute atomic E-state index is 0.0103. The van der Waals surface area contributed by atoms with Crippen LogP contribution < -0.4 is 15.0 Å². The number of hydrogen-bond acceptors (Lipinski definition) is 5. The number of ketones is 1. The van der Waals surface area contributed by atoms with Crippen LogP contribution in [0.2, 0.25) is 0 Å². The molecule has 6 heteroatoms. The van der Waals surface area contributed by atoms with E-state index in [1.807, 2.05) is 0 Å². The van der Waals surface area contributed by atoms with Crippen molar-refractivity contribution in [1.29, 1.82) is 0 Å². The van der Waals surface area contributed by atoms with E-state index in [-0.39, 0.29) is 28.5 Å². The number of methoxy groups -OCH3 is 2. The molecule has 0 aliphatic heterocycles. The van der Waals surface area contributed by atoms with Crippen molar-refractivity contribution in [3.63, 3.8) is 0 Å². The van der Waals surface area contributed by atoms with E-state index in [0.29, 0.717) is 6.42 Å². The molecule has 0 aliphatic carbocycles. The molecule has 1 heterocycles. The van der Waals surface area contributed by atoms with Gasteiger partial charge in [0.2, 0.25) is 11.6 Å². The van der Waals surface area contributed by atoms with Gasteiger partial charge in [0, 0.05) is 5.92 Å². The average Bonchev–Trinajstić information content (AvgIpc) is 2.43. The lowest BCUT2D eigenvalue weighted by Gasteiger charge is -2.20. The quantitative estimate of drug-likeness (QED) is 0.789. The Morgan fingerprint density at radius 1 is 1.27 bits per heavy atom. The minimum atomic E-state index is -0.678. The van der Waals surface area contributed by atoms with Gasteiger partial charge in [-0.25, -0.2) is 0 Å². The lowest BCUT2D eigenvalue weighted by molar-refractivity contribution is 0.0910. The highest BCUT2D eigenvalue weighted by Gasteiger charge is 2.27. The largest absolute Gasteiger partial charge is 0.503 e. The van der Waals surface area contributed by atoms with E-state index in [9.17, 15) is 14.7 Å². The summed E-state index contributed by atoms with van der Waals surface area (Å²) in [5, 5.41) is 10.2. The number of carbonyl (C=O) groups excluding carboxylic acids is 1. The van der Waals surface area contributed by atoms with Gasteiger partial charge in [0.15, 0.2) is 11.5 Å². The van der Waals surface area contributed by atoms with Crippen LogP contribution in [0.5, 0.6) is 17.4 Å². The smallest absolute Gasteiger partial charge is 0.265 e. The topological polar surface area (TPSA) is 88.6 Å². The highest BCUT2D eigenvalue weighted by molar-refractivity contribution is 6.00. The maximum atomic E-state index is 12.5. The maximum Gasteiger partial charge on any atom is 0.265 e. The van der Waals surface area contributed by atoms with Crippen LogP contribution in [-0.4, -0.2) is 30.1 Å². The van der Waals surface area contributed by atoms with Crippen LogP contribution in [0.25, 0.3) is 0 Å². The first-order valence-corrected chi connectivity index (χ1v) is 7.23. The van der Waals surface area contributed by atoms with Crippen LogP contribution in [-0.2, 0) is 0 Å². The van der Waals surface area contributed by atoms with Crippen LogP contribution in [0.4, 0.5) is 0 Å². The number of aromatic hydroxyl groups is 1. The van der Waals surface area contributed by atoms with Gasteiger partial charge in [-0.05, 0) is 18.3 Å². The first-order chi connectivity index (χ1) is 10.1. The lowest BCUT2D eigenvalue weighted by atomic mass is 9.85. The number of aromatic amines is 1. The van der Waals surface area contributed by atoms with Gasteiger partial charge in [-0.3, -0.25) is 14.6 Å². The van der Waals surface area contributed by atoms with Gasteiger partial charge in [0.05, 0.1) is 14.2 Å². The molecule has 1 atom stereocenters. The van der Waals surface area contributed by atoms with E-state index in [2.05, 4.69) is 25.8 Å². The first kappa shape index (κ1) is 18.1. The molecule has 1 aromatic heterocycles. The molecule has 6 nitrogen and oxygen atoms in total. The van der Waals surface area contributed by atoms with Crippen molar-refractivity contribution >= 4 is 5.78 Å². The normalized spacial score (nSPS) is 12.8. The number of pyridine rings is 1. The molecule has 0 fully saturated rings. The summed E-state index contributed by atoms with van der Waals surface area (Å²) in [6, 6.07) is 0. The highest BCUT2D eigenvalue weighted by atomic mass is 16.5. The summed E-state index contributed by atoms with van der Waals surface area (Å²) < 4.78 is 9.94. The number of H-pyrrole nitrogens is 1. The SMILES string of the molecule is COc1[nH]c(=O)c(C(=O)C(C)CCC(C)(C)C)c(O)c1OC. The monoisotopic (exact) mass is 311 g/mol. The van der Waals surface area contributed by atoms with E-state index >= 15 is 0 Å². The standard InChI is InChI=1S/C16H25NO5/c1-9(7-8-16(2,3)4)11(18)10-12(19)13(21-5)15(22-6)17-14(10)20/h9H,7-8H2,1-6H3,(H2,17,19,20). The van der Waals surface area contributed by atoms with E-state index in [4.69, 9.17) is 9.47 Å². The van der Waals surface area contributed by atoms with Crippen molar-refractivity contribution in [2.45, 2.75) is 40.5 Å². The third-order valence-electron chi connectivity index (χ3n) is 3.54. The molecular formula is C16H25NO5. The summed E-state index contributed by atoms with van der Waals surface area (Å²) >= 11 is 0. The van der Waals surface area contributed by atoms with Crippen LogP contribution in [0.1, 0.15) is 50.9 Å². The molecule has 0 radical (unpaired) electrons. The Morgan fingerprint density at radius 3 is 2.32 bits per heavy atom. The summed E-state index contributed by atoms with van der Waals surface area (Å²) in [6.07, 6.45) is 1.47. The second-order valence-electron chi connectivity index (χ2n) is 6.61. The second kappa shape index (κ2) is 6.85. The minimum Gasteiger partial charge on any atom is -0.503 e. The van der Waals surface area contributed by atoms with E-state index in [1.165, 1.54) is 14.2 Å². The highest BCUT2D eigenvalue weighted by Crippen LogP contribution is 2.36. The maximum absolute atomic E-state index is 12.5. The molecule has 0 spiro atoms. The predicted octanol–water partition coefficient (Wildman–Crippen LogP) is 2.74. The molecule has 1 aromatic rings. The summed E-state index contributed by atoms with van der Waals surface area (Å²) in [6.45, 7) is 8.02. The number of hydrogen-bond donors (Lipinski definition) is 2. The average molecular weight is 311 g/mol. The zero-order valence-electron chi connectivity index (χ0n) is 14.1. The summed E-state index contributed by atoms with van der Waals surface area (Å²) in [7, 11) is 2.66. The van der Waals surface area contributed by atoms with Crippen LogP contribution in [0, 0.1) is 11.3 Å². The van der Waals surface area contributed by atoms with Gasteiger partial charge in [-0.2, -0.15) is 0 Å². The van der Waals surface area contributed by atoms with Crippen LogP contribution in [0.3, 0.4) is 0 Å². The van der Waals surface area contributed by atoms with Gasteiger partial charge in [0.1, 0.15) is 5.56 Å². The molecule has 0 aliphatic rings. The van der Waals surface area contributed by atoms with Gasteiger partial charge < -0.3 is 14.6 Å². The molecule has 124 valence electrons. The molecule has 0 amide bonds. The van der Waals surface area contributed by atoms with Crippen molar-refractivity contribution in [3.8, 4) is 17.4 Å². The lowest BCUT2D eigenvalue weighted by Crippen LogP contribution is -2.24. The zero-order chi connectivity index (χ0) is 17.1. The summed E-state index contributed by atoms with van der Waals surface area (Å²) in [4.78, 5) is 27.0. The Labute approximate surface area is 130 Å². The Morgan fingerprint density at radius 2 is 1.86 bits per heavy atom. The second-order valence-corrected chi connectivity index (χ2v) is 6.61. The zero-order valence-corrected chi connectivity index (χ0v) is 14.1. The molecule has 0 aromatic carbocycles. The van der Waals surface area contributed by atoms with E-state index < -0.39 is 17.1 Å². The fourth-order valence-electron chi connectivity index (χ4n) is 2.14. The number of ether oxygens (including phenoxy) is 2. The number of aromatic nitrogens is 1. The van der Waals surface area contributed by atoms with Gasteiger partial charge in [-0.15, -0.1) is 0 Å². The third-order valence-corrected chi connectivity index (χ3v) is 3.54. The van der Waals surface area contributed by atoms with Crippen molar-refractivity contribution in [2.24, 2.45) is 11.3 Å². The van der Waals surface area contributed by atoms with Crippen molar-refractivity contribution in [2.75, 3.05) is 14.2 Å². The van der Waals surface area contributed by atoms with Crippen molar-refractivity contribution in [3.05, 3.63) is 15.9 Å². The molecule has 0 saturated carbocycles. The van der Waals surface area contributed by atoms with Crippen molar-refractivity contribution < 1.29 is 19.4 Å². The number of carbonyl (C=O) groups is 1. The molecular weight excluding hydrogens is 286 g/mol. The van der Waals surface area contributed by atoms with Gasteiger partial charge in [0.25, 0.3) is 5.56 Å². The van der Waals surface area contributed by atoms with E-state index in [0.717, 1.165) is 6.42 Å². The van der Waals surface area contributed by atoms with Crippen LogP contribution in [0.15, 0.2) is 4.79 Å². The first-order valence-electron chi connectivity index (χ1n) is 7.23. The van der Waals surface area contributed by atoms with Gasteiger partial charge >= 0.3 is 0 Å². The van der Waals surface area contributed by atoms with Gasteiger partial charge in [-0.1, -0.05) is 27.7 Å². The fraction of sp³-hybridized carbons (Fsp3) is 0.625. The van der Waals surface area contributed by atoms with Crippen molar-refractivity contribution in [1.82, 2.24) is 4.98 Å². The Kier molecular flexibility index (Phi) is 5.63. The number of rotatable bonds is 6. The Hall–Kier alpha value is -1.98. The molecule has 1 rings (SSSR count). The number of Topliss-reactive ketones (excluding diaryl/α,β-unsaturated/α-hetero) is 1. The Bertz CT molecular complexity index is 598. The fourth-order valence-corrected chi connectivity index (χ4v) is 2.14. The summed E-state index contributed by atoms with van der Waals surface area (Å²) in [5.74, 6) is -1.30. The summed E-state index contributed by atoms with van der Waals surface area (Å²) in [5.41, 5.74) is -0.859. The Balaban J connectivity index is 3.16. The predicted molar refractivity (Wildman–Crippen MR) is 84.0 cm³/mol. The number of nitrogens with one attached hydrogen (secondary N) is 1.